The first-order valence-electron chi connectivity index (χ1n) is 10.5. The first-order valence-corrected chi connectivity index (χ1v) is 10.5. The van der Waals surface area contributed by atoms with Gasteiger partial charge in [-0.25, -0.2) is 0 Å². The SMILES string of the molecule is N#Cc1ccc(C(=O)N2CCCCC2c2nc(CCOCc3ccccc3)no2)cc1. The predicted octanol–water partition coefficient (Wildman–Crippen LogP) is 4.07. The molecule has 1 saturated heterocycles. The molecule has 1 amide bonds. The van der Waals surface area contributed by atoms with Gasteiger partial charge < -0.3 is 14.2 Å². The zero-order valence-electron chi connectivity index (χ0n) is 17.2. The van der Waals surface area contributed by atoms with Crippen LogP contribution >= 0.6 is 0 Å². The average Bonchev–Trinajstić information content (AvgIpc) is 3.31. The van der Waals surface area contributed by atoms with Crippen LogP contribution in [0.5, 0.6) is 0 Å². The van der Waals surface area contributed by atoms with Crippen LogP contribution in [-0.4, -0.2) is 34.1 Å². The highest BCUT2D eigenvalue weighted by molar-refractivity contribution is 5.94. The molecule has 1 aliphatic rings. The molecular formula is C24H24N4O3. The Kier molecular flexibility index (Phi) is 6.70. The standard InChI is InChI=1S/C24H24N4O3/c25-16-18-9-11-20(12-10-18)24(29)28-14-5-4-8-21(28)23-26-22(27-31-23)13-15-30-17-19-6-2-1-3-7-19/h1-3,6-7,9-12,21H,4-5,8,13-15,17H2. The van der Waals surface area contributed by atoms with Gasteiger partial charge >= 0.3 is 0 Å². The molecular weight excluding hydrogens is 392 g/mol. The summed E-state index contributed by atoms with van der Waals surface area (Å²) in [6, 6.07) is 18.5. The number of likely N-dealkylation sites (tertiary alicyclic amines) is 1. The Bertz CT molecular complexity index is 1040. The van der Waals surface area contributed by atoms with Gasteiger partial charge in [0, 0.05) is 18.5 Å². The third kappa shape index (κ3) is 5.16. The molecule has 4 rings (SSSR count). The van der Waals surface area contributed by atoms with E-state index in [1.54, 1.807) is 29.2 Å². The Morgan fingerprint density at radius 1 is 1.16 bits per heavy atom. The molecule has 158 valence electrons. The maximum absolute atomic E-state index is 13.1. The Hall–Kier alpha value is -3.50. The fourth-order valence-electron chi connectivity index (χ4n) is 3.72. The average molecular weight is 416 g/mol. The summed E-state index contributed by atoms with van der Waals surface area (Å²) in [6.45, 7) is 1.68. The van der Waals surface area contributed by atoms with Crippen molar-refractivity contribution in [2.45, 2.75) is 38.3 Å². The topological polar surface area (TPSA) is 92.2 Å². The van der Waals surface area contributed by atoms with Crippen LogP contribution in [0.15, 0.2) is 59.1 Å². The molecule has 0 N–H and O–H groups in total. The van der Waals surface area contributed by atoms with E-state index >= 15 is 0 Å². The summed E-state index contributed by atoms with van der Waals surface area (Å²) < 4.78 is 11.2. The molecule has 0 saturated carbocycles. The van der Waals surface area contributed by atoms with Gasteiger partial charge in [0.05, 0.1) is 24.8 Å². The molecule has 7 nitrogen and oxygen atoms in total. The molecule has 1 aromatic heterocycles. The van der Waals surface area contributed by atoms with E-state index in [0.29, 0.717) is 49.0 Å². The number of hydrogen-bond donors (Lipinski definition) is 0. The van der Waals surface area contributed by atoms with Crippen molar-refractivity contribution >= 4 is 5.91 Å². The molecule has 7 heteroatoms. The molecule has 1 unspecified atom stereocenters. The van der Waals surface area contributed by atoms with Crippen LogP contribution in [-0.2, 0) is 17.8 Å². The number of ether oxygens (including phenoxy) is 1. The number of amides is 1. The van der Waals surface area contributed by atoms with Crippen molar-refractivity contribution in [1.29, 1.82) is 5.26 Å². The fraction of sp³-hybridized carbons (Fsp3) is 0.333. The third-order valence-corrected chi connectivity index (χ3v) is 5.38. The zero-order valence-corrected chi connectivity index (χ0v) is 17.2. The summed E-state index contributed by atoms with van der Waals surface area (Å²) in [4.78, 5) is 19.4. The van der Waals surface area contributed by atoms with Gasteiger partial charge in [0.15, 0.2) is 5.82 Å². The predicted molar refractivity (Wildman–Crippen MR) is 113 cm³/mol. The van der Waals surface area contributed by atoms with Crippen molar-refractivity contribution < 1.29 is 14.1 Å². The largest absolute Gasteiger partial charge is 0.376 e. The highest BCUT2D eigenvalue weighted by atomic mass is 16.5. The highest BCUT2D eigenvalue weighted by Gasteiger charge is 2.32. The molecule has 31 heavy (non-hydrogen) atoms. The number of rotatable bonds is 7. The molecule has 0 bridgehead atoms. The van der Waals surface area contributed by atoms with E-state index in [2.05, 4.69) is 16.2 Å². The molecule has 1 fully saturated rings. The summed E-state index contributed by atoms with van der Waals surface area (Å²) in [5, 5.41) is 13.0. The number of nitrogens with zero attached hydrogens (tertiary/aromatic N) is 4. The molecule has 2 aromatic carbocycles. The van der Waals surface area contributed by atoms with Crippen molar-refractivity contribution in [1.82, 2.24) is 15.0 Å². The molecule has 0 aliphatic carbocycles. The van der Waals surface area contributed by atoms with Crippen LogP contribution < -0.4 is 0 Å². The van der Waals surface area contributed by atoms with Gasteiger partial charge in [0.25, 0.3) is 5.91 Å². The normalized spacial score (nSPS) is 16.1. The lowest BCUT2D eigenvalue weighted by atomic mass is 10.0. The molecule has 3 aromatic rings. The van der Waals surface area contributed by atoms with E-state index in [-0.39, 0.29) is 11.9 Å². The molecule has 1 atom stereocenters. The van der Waals surface area contributed by atoms with E-state index in [1.165, 1.54) is 0 Å². The molecule has 2 heterocycles. The number of carbonyl (C=O) groups is 1. The second-order valence-corrected chi connectivity index (χ2v) is 7.54. The first-order chi connectivity index (χ1) is 15.2. The zero-order chi connectivity index (χ0) is 21.5. The van der Waals surface area contributed by atoms with E-state index in [0.717, 1.165) is 24.8 Å². The van der Waals surface area contributed by atoms with Crippen LogP contribution in [0.4, 0.5) is 0 Å². The van der Waals surface area contributed by atoms with Crippen molar-refractivity contribution in [3.05, 3.63) is 83.0 Å². The summed E-state index contributed by atoms with van der Waals surface area (Å²) in [6.07, 6.45) is 3.27. The van der Waals surface area contributed by atoms with Crippen LogP contribution in [0.2, 0.25) is 0 Å². The lowest BCUT2D eigenvalue weighted by Gasteiger charge is -2.33. The van der Waals surface area contributed by atoms with Crippen molar-refractivity contribution in [3.63, 3.8) is 0 Å². The summed E-state index contributed by atoms with van der Waals surface area (Å²) >= 11 is 0. The minimum atomic E-state index is -0.233. The molecule has 0 spiro atoms. The van der Waals surface area contributed by atoms with Gasteiger partial charge in [0.1, 0.15) is 6.04 Å². The summed E-state index contributed by atoms with van der Waals surface area (Å²) in [7, 11) is 0. The van der Waals surface area contributed by atoms with Crippen LogP contribution in [0, 0.1) is 11.3 Å². The number of piperidine rings is 1. The van der Waals surface area contributed by atoms with E-state index < -0.39 is 0 Å². The summed E-state index contributed by atoms with van der Waals surface area (Å²) in [5.74, 6) is 0.972. The Morgan fingerprint density at radius 2 is 1.97 bits per heavy atom. The maximum atomic E-state index is 13.1. The number of nitriles is 1. The second-order valence-electron chi connectivity index (χ2n) is 7.54. The smallest absolute Gasteiger partial charge is 0.254 e. The summed E-state index contributed by atoms with van der Waals surface area (Å²) in [5.41, 5.74) is 2.21. The van der Waals surface area contributed by atoms with E-state index in [4.69, 9.17) is 14.5 Å². The molecule has 0 radical (unpaired) electrons. The van der Waals surface area contributed by atoms with Gasteiger partial charge in [-0.2, -0.15) is 10.2 Å². The van der Waals surface area contributed by atoms with Crippen molar-refractivity contribution in [2.24, 2.45) is 0 Å². The number of hydrogen-bond acceptors (Lipinski definition) is 6. The van der Waals surface area contributed by atoms with Gasteiger partial charge in [-0.05, 0) is 49.1 Å². The number of benzene rings is 2. The molecule has 1 aliphatic heterocycles. The first kappa shape index (κ1) is 20.8. The second kappa shape index (κ2) is 10.0. The van der Waals surface area contributed by atoms with Crippen molar-refractivity contribution in [2.75, 3.05) is 13.2 Å². The lowest BCUT2D eigenvalue weighted by molar-refractivity contribution is 0.0561. The Labute approximate surface area is 181 Å². The van der Waals surface area contributed by atoms with Crippen molar-refractivity contribution in [3.8, 4) is 6.07 Å². The number of carbonyl (C=O) groups excluding carboxylic acids is 1. The minimum absolute atomic E-state index is 0.0832. The van der Waals surface area contributed by atoms with Gasteiger partial charge in [-0.1, -0.05) is 35.5 Å². The fourth-order valence-corrected chi connectivity index (χ4v) is 3.72. The number of aromatic nitrogens is 2. The maximum Gasteiger partial charge on any atom is 0.254 e. The minimum Gasteiger partial charge on any atom is -0.376 e. The van der Waals surface area contributed by atoms with E-state index in [9.17, 15) is 4.79 Å². The van der Waals surface area contributed by atoms with Gasteiger partial charge in [-0.15, -0.1) is 0 Å². The van der Waals surface area contributed by atoms with Crippen LogP contribution in [0.25, 0.3) is 0 Å². The van der Waals surface area contributed by atoms with Gasteiger partial charge in [0.2, 0.25) is 5.89 Å². The monoisotopic (exact) mass is 416 g/mol. The van der Waals surface area contributed by atoms with Crippen LogP contribution in [0.1, 0.15) is 58.5 Å². The Morgan fingerprint density at radius 3 is 2.74 bits per heavy atom. The van der Waals surface area contributed by atoms with Crippen LogP contribution in [0.3, 0.4) is 0 Å². The lowest BCUT2D eigenvalue weighted by Crippen LogP contribution is -2.38. The third-order valence-electron chi connectivity index (χ3n) is 5.38. The highest BCUT2D eigenvalue weighted by Crippen LogP contribution is 2.31. The Balaban J connectivity index is 1.37. The van der Waals surface area contributed by atoms with Gasteiger partial charge in [-0.3, -0.25) is 4.79 Å². The van der Waals surface area contributed by atoms with E-state index in [1.807, 2.05) is 30.3 Å². The quantitative estimate of drug-likeness (QED) is 0.539.